The van der Waals surface area contributed by atoms with E-state index in [1.165, 1.54) is 0 Å². The second-order valence-electron chi connectivity index (χ2n) is 3.14. The molecule has 0 aromatic carbocycles. The molecule has 0 aromatic rings. The van der Waals surface area contributed by atoms with Gasteiger partial charge >= 0.3 is 7.82 Å². The molecule has 0 unspecified atom stereocenters. The van der Waals surface area contributed by atoms with Crippen molar-refractivity contribution >= 4 is 7.82 Å². The van der Waals surface area contributed by atoms with Crippen LogP contribution in [0.25, 0.3) is 0 Å². The van der Waals surface area contributed by atoms with Gasteiger partial charge in [0.25, 0.3) is 0 Å². The van der Waals surface area contributed by atoms with Crippen LogP contribution in [0.4, 0.5) is 0 Å². The predicted molar refractivity (Wildman–Crippen MR) is 51.1 cm³/mol. The van der Waals surface area contributed by atoms with Crippen molar-refractivity contribution in [3.8, 4) is 0 Å². The molecule has 0 radical (unpaired) electrons. The lowest BCUT2D eigenvalue weighted by Crippen LogP contribution is -2.48. The van der Waals surface area contributed by atoms with Gasteiger partial charge in [-0.2, -0.15) is 0 Å². The molecule has 9 nitrogen and oxygen atoms in total. The highest BCUT2D eigenvalue weighted by Crippen LogP contribution is 2.35. The molecule has 0 bridgehead atoms. The molecule has 0 fully saturated rings. The van der Waals surface area contributed by atoms with Gasteiger partial charge in [0.1, 0.15) is 18.3 Å². The summed E-state index contributed by atoms with van der Waals surface area (Å²) >= 11 is 0. The fraction of sp³-hybridized carbons (Fsp3) is 1.00. The van der Waals surface area contributed by atoms with Crippen LogP contribution < -0.4 is 5.73 Å². The number of aliphatic hydroxyl groups is 4. The number of hydrogen-bond donors (Lipinski definition) is 7. The van der Waals surface area contributed by atoms with Crippen LogP contribution in [0.15, 0.2) is 0 Å². The normalized spacial score (nSPS) is 20.2. The van der Waals surface area contributed by atoms with Crippen molar-refractivity contribution in [2.45, 2.75) is 24.4 Å². The SMILES string of the molecule is NC[C@H](O)[C@@H](O)[C@H](O)[C@H](O)COP(=O)(O)O. The van der Waals surface area contributed by atoms with Gasteiger partial charge in [0, 0.05) is 6.54 Å². The topological polar surface area (TPSA) is 174 Å². The Balaban J connectivity index is 4.17. The number of hydrogen-bond acceptors (Lipinski definition) is 7. The van der Waals surface area contributed by atoms with Gasteiger partial charge in [-0.25, -0.2) is 4.57 Å². The van der Waals surface area contributed by atoms with Crippen molar-refractivity contribution in [2.75, 3.05) is 13.2 Å². The van der Waals surface area contributed by atoms with Gasteiger partial charge in [0.05, 0.1) is 12.7 Å². The number of phosphoric acid groups is 1. The molecule has 10 heteroatoms. The van der Waals surface area contributed by atoms with Gasteiger partial charge in [0.15, 0.2) is 0 Å². The highest BCUT2D eigenvalue weighted by molar-refractivity contribution is 7.46. The minimum atomic E-state index is -4.76. The Kier molecular flexibility index (Phi) is 6.56. The molecule has 0 heterocycles. The monoisotopic (exact) mass is 261 g/mol. The average Bonchev–Trinajstić information content (AvgIpc) is 2.21. The smallest absolute Gasteiger partial charge is 0.389 e. The zero-order valence-electron chi connectivity index (χ0n) is 8.25. The summed E-state index contributed by atoms with van der Waals surface area (Å²) < 4.78 is 14.2. The van der Waals surface area contributed by atoms with Crippen molar-refractivity contribution < 1.29 is 39.3 Å². The van der Waals surface area contributed by atoms with E-state index < -0.39 is 38.8 Å². The van der Waals surface area contributed by atoms with Crippen molar-refractivity contribution in [1.82, 2.24) is 0 Å². The largest absolute Gasteiger partial charge is 0.469 e. The van der Waals surface area contributed by atoms with Gasteiger partial charge in [0.2, 0.25) is 0 Å². The molecule has 0 aliphatic heterocycles. The summed E-state index contributed by atoms with van der Waals surface area (Å²) in [5.41, 5.74) is 5.00. The molecule has 0 saturated heterocycles. The molecule has 8 N–H and O–H groups in total. The Hall–Kier alpha value is -0.0900. The zero-order valence-corrected chi connectivity index (χ0v) is 9.14. The molecule has 4 atom stereocenters. The van der Waals surface area contributed by atoms with E-state index in [1.54, 1.807) is 0 Å². The quantitative estimate of drug-likeness (QED) is 0.229. The number of nitrogens with two attached hydrogens (primary N) is 1. The fourth-order valence-corrected chi connectivity index (χ4v) is 1.21. The maximum absolute atomic E-state index is 10.3. The van der Waals surface area contributed by atoms with E-state index in [2.05, 4.69) is 4.52 Å². The summed E-state index contributed by atoms with van der Waals surface area (Å²) in [6.07, 6.45) is -6.78. The third-order valence-electron chi connectivity index (χ3n) is 1.79. The summed E-state index contributed by atoms with van der Waals surface area (Å²) in [4.78, 5) is 16.6. The van der Waals surface area contributed by atoms with E-state index >= 15 is 0 Å². The molecule has 0 amide bonds. The first-order valence-electron chi connectivity index (χ1n) is 4.31. The Morgan fingerprint density at radius 3 is 1.88 bits per heavy atom. The molecule has 0 aliphatic carbocycles. The van der Waals surface area contributed by atoms with Crippen LogP contribution in [-0.4, -0.2) is 67.8 Å². The van der Waals surface area contributed by atoms with E-state index in [0.29, 0.717) is 0 Å². The van der Waals surface area contributed by atoms with Crippen molar-refractivity contribution in [1.29, 1.82) is 0 Å². The molecule has 0 aliphatic rings. The molecule has 98 valence electrons. The van der Waals surface area contributed by atoms with Crippen molar-refractivity contribution in [3.63, 3.8) is 0 Å². The first kappa shape index (κ1) is 15.9. The summed E-state index contributed by atoms with van der Waals surface area (Å²) in [6.45, 7) is -1.23. The molecule has 16 heavy (non-hydrogen) atoms. The summed E-state index contributed by atoms with van der Waals surface area (Å²) in [5, 5.41) is 36.6. The summed E-state index contributed by atoms with van der Waals surface area (Å²) in [5.74, 6) is 0. The minimum absolute atomic E-state index is 0.343. The zero-order chi connectivity index (χ0) is 12.9. The van der Waals surface area contributed by atoms with Crippen LogP contribution in [0, 0.1) is 0 Å². The van der Waals surface area contributed by atoms with Crippen LogP contribution in [0.2, 0.25) is 0 Å². The Labute approximate surface area is 91.3 Å². The molecule has 0 rings (SSSR count). The van der Waals surface area contributed by atoms with Gasteiger partial charge in [-0.15, -0.1) is 0 Å². The molecular weight excluding hydrogens is 245 g/mol. The molecule has 0 saturated carbocycles. The third kappa shape index (κ3) is 5.85. The number of aliphatic hydroxyl groups excluding tert-OH is 4. The molecule has 0 aromatic heterocycles. The van der Waals surface area contributed by atoms with E-state index in [-0.39, 0.29) is 6.54 Å². The lowest BCUT2D eigenvalue weighted by Gasteiger charge is -2.25. The maximum atomic E-state index is 10.3. The lowest BCUT2D eigenvalue weighted by atomic mass is 10.0. The van der Waals surface area contributed by atoms with Crippen molar-refractivity contribution in [2.24, 2.45) is 5.73 Å². The number of rotatable bonds is 7. The predicted octanol–water partition coefficient (Wildman–Crippen LogP) is -3.50. The molecule has 0 spiro atoms. The van der Waals surface area contributed by atoms with Crippen LogP contribution in [0.3, 0.4) is 0 Å². The van der Waals surface area contributed by atoms with Crippen LogP contribution in [0.1, 0.15) is 0 Å². The Morgan fingerprint density at radius 2 is 1.50 bits per heavy atom. The van der Waals surface area contributed by atoms with E-state index in [9.17, 15) is 14.8 Å². The highest BCUT2D eigenvalue weighted by atomic mass is 31.2. The highest BCUT2D eigenvalue weighted by Gasteiger charge is 2.31. The van der Waals surface area contributed by atoms with Gasteiger partial charge in [-0.3, -0.25) is 4.52 Å². The summed E-state index contributed by atoms with van der Waals surface area (Å²) in [6, 6.07) is 0. The second-order valence-corrected chi connectivity index (χ2v) is 4.38. The lowest BCUT2D eigenvalue weighted by molar-refractivity contribution is -0.111. The first-order chi connectivity index (χ1) is 7.19. The maximum Gasteiger partial charge on any atom is 0.469 e. The second kappa shape index (κ2) is 6.60. The Bertz CT molecular complexity index is 245. The van der Waals surface area contributed by atoms with E-state index in [4.69, 9.17) is 25.7 Å². The van der Waals surface area contributed by atoms with Crippen molar-refractivity contribution in [3.05, 3.63) is 0 Å². The number of phosphoric ester groups is 1. The van der Waals surface area contributed by atoms with E-state index in [0.717, 1.165) is 0 Å². The third-order valence-corrected chi connectivity index (χ3v) is 2.28. The Morgan fingerprint density at radius 1 is 1.06 bits per heavy atom. The fourth-order valence-electron chi connectivity index (χ4n) is 0.867. The van der Waals surface area contributed by atoms with Gasteiger partial charge in [-0.1, -0.05) is 0 Å². The van der Waals surface area contributed by atoms with Gasteiger partial charge in [-0.05, 0) is 0 Å². The van der Waals surface area contributed by atoms with E-state index in [1.807, 2.05) is 0 Å². The first-order valence-corrected chi connectivity index (χ1v) is 5.84. The van der Waals surface area contributed by atoms with Crippen LogP contribution in [0.5, 0.6) is 0 Å². The van der Waals surface area contributed by atoms with Crippen LogP contribution >= 0.6 is 7.82 Å². The van der Waals surface area contributed by atoms with Gasteiger partial charge < -0.3 is 35.9 Å². The van der Waals surface area contributed by atoms with Crippen LogP contribution in [-0.2, 0) is 9.09 Å². The molecular formula is C6H16NO8P. The standard InChI is InChI=1S/C6H16NO8P/c7-1-3(8)5(10)6(11)4(9)2-15-16(12,13)14/h3-6,8-11H,1-2,7H2,(H2,12,13,14)/t3-,4+,5+,6+/m0/s1. The average molecular weight is 261 g/mol. The summed E-state index contributed by atoms with van der Waals surface area (Å²) in [7, 11) is -4.76. The minimum Gasteiger partial charge on any atom is -0.389 e.